The van der Waals surface area contributed by atoms with Gasteiger partial charge in [-0.1, -0.05) is 24.8 Å². The molecule has 0 unspecified atom stereocenters. The molecule has 0 saturated heterocycles. The molecule has 0 N–H and O–H groups in total. The molecule has 0 fully saturated rings. The summed E-state index contributed by atoms with van der Waals surface area (Å²) in [7, 11) is 1.53. The van der Waals surface area contributed by atoms with Crippen molar-refractivity contribution in [2.45, 2.75) is 0 Å². The van der Waals surface area contributed by atoms with Crippen LogP contribution in [-0.2, 0) is 9.53 Å². The summed E-state index contributed by atoms with van der Waals surface area (Å²) in [5, 5.41) is 0. The highest BCUT2D eigenvalue weighted by molar-refractivity contribution is 14.1. The predicted octanol–water partition coefficient (Wildman–Crippen LogP) is 4.35. The summed E-state index contributed by atoms with van der Waals surface area (Å²) in [5.41, 5.74) is 0.883. The number of ether oxygens (including phenoxy) is 3. The molecule has 5 nitrogen and oxygen atoms in total. The van der Waals surface area contributed by atoms with Crippen molar-refractivity contribution in [1.29, 1.82) is 0 Å². The zero-order valence-corrected chi connectivity index (χ0v) is 16.5. The Balaban J connectivity index is 1.96. The van der Waals surface area contributed by atoms with Gasteiger partial charge in [-0.25, -0.2) is 14.2 Å². The van der Waals surface area contributed by atoms with Crippen LogP contribution in [0.3, 0.4) is 0 Å². The Kier molecular flexibility index (Phi) is 5.90. The summed E-state index contributed by atoms with van der Waals surface area (Å²) >= 11 is 2.11. The molecule has 0 amide bonds. The Hall–Kier alpha value is -2.68. The lowest BCUT2D eigenvalue weighted by Gasteiger charge is -2.12. The quantitative estimate of drug-likeness (QED) is 0.268. The maximum atomic E-state index is 13.9. The summed E-state index contributed by atoms with van der Waals surface area (Å²) in [6.07, 6.45) is 3.19. The van der Waals surface area contributed by atoms with Gasteiger partial charge in [0.1, 0.15) is 12.4 Å². The molecule has 0 atom stereocenters. The van der Waals surface area contributed by atoms with Gasteiger partial charge in [0, 0.05) is 0 Å². The number of carbonyl (C=O) groups excluding carboxylic acids is 1. The van der Waals surface area contributed by atoms with E-state index >= 15 is 0 Å². The van der Waals surface area contributed by atoms with Gasteiger partial charge in [0.2, 0.25) is 5.90 Å². The van der Waals surface area contributed by atoms with Gasteiger partial charge >= 0.3 is 5.97 Å². The molecule has 138 valence electrons. The van der Waals surface area contributed by atoms with Crippen molar-refractivity contribution in [1.82, 2.24) is 0 Å². The molecule has 0 aliphatic carbocycles. The first kappa shape index (κ1) is 19.1. The third-order valence-corrected chi connectivity index (χ3v) is 4.43. The normalized spacial score (nSPS) is 14.7. The number of esters is 1. The molecule has 0 radical (unpaired) electrons. The van der Waals surface area contributed by atoms with Gasteiger partial charge in [-0.05, 0) is 58.5 Å². The van der Waals surface area contributed by atoms with E-state index in [1.54, 1.807) is 30.4 Å². The molecule has 7 heteroatoms. The van der Waals surface area contributed by atoms with E-state index in [0.717, 1.165) is 3.57 Å². The van der Waals surface area contributed by atoms with E-state index in [0.29, 0.717) is 23.7 Å². The second-order valence-electron chi connectivity index (χ2n) is 5.45. The standard InChI is InChI=1S/C20H15FINO4/c1-3-8-26-18-15(22)9-12(11-17(18)25-2)10-16-20(24)27-19(23-16)13-6-4-5-7-14(13)21/h3-7,9-11H,1,8H2,2H3. The Bertz CT molecular complexity index is 968. The predicted molar refractivity (Wildman–Crippen MR) is 108 cm³/mol. The molecule has 0 saturated carbocycles. The molecule has 2 aromatic rings. The van der Waals surface area contributed by atoms with E-state index in [9.17, 15) is 9.18 Å². The van der Waals surface area contributed by atoms with Gasteiger partial charge in [-0.3, -0.25) is 0 Å². The number of hydrogen-bond donors (Lipinski definition) is 0. The number of carbonyl (C=O) groups is 1. The molecule has 0 spiro atoms. The van der Waals surface area contributed by atoms with Crippen LogP contribution in [0, 0.1) is 9.39 Å². The molecule has 0 aromatic heterocycles. The SMILES string of the molecule is C=CCOc1c(I)cc(C=C2N=C(c3ccccc3F)OC2=O)cc1OC. The van der Waals surface area contributed by atoms with E-state index in [4.69, 9.17) is 14.2 Å². The molecule has 3 rings (SSSR count). The largest absolute Gasteiger partial charge is 0.493 e. The zero-order chi connectivity index (χ0) is 19.4. The van der Waals surface area contributed by atoms with Gasteiger partial charge in [-0.15, -0.1) is 0 Å². The van der Waals surface area contributed by atoms with Crippen LogP contribution in [0.4, 0.5) is 4.39 Å². The molecule has 1 aliphatic heterocycles. The van der Waals surface area contributed by atoms with Crippen molar-refractivity contribution >= 4 is 40.5 Å². The average molecular weight is 479 g/mol. The van der Waals surface area contributed by atoms with Crippen LogP contribution in [0.15, 0.2) is 59.7 Å². The minimum atomic E-state index is -0.644. The number of halogens is 2. The topological polar surface area (TPSA) is 57.1 Å². The summed E-state index contributed by atoms with van der Waals surface area (Å²) in [5.74, 6) is -0.110. The number of methoxy groups -OCH3 is 1. The third-order valence-electron chi connectivity index (χ3n) is 3.63. The summed E-state index contributed by atoms with van der Waals surface area (Å²) in [6.45, 7) is 3.97. The van der Waals surface area contributed by atoms with Crippen molar-refractivity contribution in [2.24, 2.45) is 4.99 Å². The zero-order valence-electron chi connectivity index (χ0n) is 14.4. The number of hydrogen-bond acceptors (Lipinski definition) is 5. The maximum absolute atomic E-state index is 13.9. The van der Waals surface area contributed by atoms with E-state index in [1.165, 1.54) is 19.2 Å². The third kappa shape index (κ3) is 4.19. The minimum Gasteiger partial charge on any atom is -0.493 e. The highest BCUT2D eigenvalue weighted by Crippen LogP contribution is 2.35. The first-order valence-electron chi connectivity index (χ1n) is 7.92. The lowest BCUT2D eigenvalue weighted by molar-refractivity contribution is -0.129. The van der Waals surface area contributed by atoms with Crippen LogP contribution < -0.4 is 9.47 Å². The van der Waals surface area contributed by atoms with E-state index < -0.39 is 11.8 Å². The van der Waals surface area contributed by atoms with Crippen LogP contribution in [0.25, 0.3) is 6.08 Å². The van der Waals surface area contributed by atoms with Gasteiger partial charge in [0.25, 0.3) is 0 Å². The summed E-state index contributed by atoms with van der Waals surface area (Å²) < 4.78 is 30.8. The molecular formula is C20H15FINO4. The smallest absolute Gasteiger partial charge is 0.363 e. The minimum absolute atomic E-state index is 0.0584. The van der Waals surface area contributed by atoms with Gasteiger partial charge in [0.05, 0.1) is 16.2 Å². The lowest BCUT2D eigenvalue weighted by Crippen LogP contribution is -2.07. The van der Waals surface area contributed by atoms with Crippen LogP contribution in [-0.4, -0.2) is 25.6 Å². The molecule has 2 aromatic carbocycles. The van der Waals surface area contributed by atoms with Gasteiger partial charge < -0.3 is 14.2 Å². The van der Waals surface area contributed by atoms with Crippen LogP contribution in [0.2, 0.25) is 0 Å². The van der Waals surface area contributed by atoms with Crippen LogP contribution in [0.1, 0.15) is 11.1 Å². The van der Waals surface area contributed by atoms with Crippen molar-refractivity contribution in [2.75, 3.05) is 13.7 Å². The molecule has 27 heavy (non-hydrogen) atoms. The number of nitrogens with zero attached hydrogens (tertiary/aromatic N) is 1. The molecule has 1 aliphatic rings. The van der Waals surface area contributed by atoms with Crippen molar-refractivity contribution in [3.63, 3.8) is 0 Å². The maximum Gasteiger partial charge on any atom is 0.363 e. The molecule has 0 bridgehead atoms. The number of cyclic esters (lactones) is 1. The molecule has 1 heterocycles. The van der Waals surface area contributed by atoms with Crippen molar-refractivity contribution in [3.8, 4) is 11.5 Å². The fraction of sp³-hybridized carbons (Fsp3) is 0.100. The second kappa shape index (κ2) is 8.34. The van der Waals surface area contributed by atoms with Gasteiger partial charge in [0.15, 0.2) is 17.2 Å². The van der Waals surface area contributed by atoms with Crippen molar-refractivity contribution in [3.05, 3.63) is 75.3 Å². The van der Waals surface area contributed by atoms with Crippen LogP contribution >= 0.6 is 22.6 Å². The first-order valence-corrected chi connectivity index (χ1v) is 9.00. The van der Waals surface area contributed by atoms with E-state index in [1.807, 2.05) is 6.07 Å². The highest BCUT2D eigenvalue weighted by atomic mass is 127. The summed E-state index contributed by atoms with van der Waals surface area (Å²) in [6, 6.07) is 9.52. The number of benzene rings is 2. The fourth-order valence-corrected chi connectivity index (χ4v) is 3.20. The monoisotopic (exact) mass is 479 g/mol. The number of rotatable bonds is 6. The van der Waals surface area contributed by atoms with E-state index in [-0.39, 0.29) is 17.2 Å². The fourth-order valence-electron chi connectivity index (χ4n) is 2.42. The second-order valence-corrected chi connectivity index (χ2v) is 6.61. The number of aliphatic imine (C=N–C) groups is 1. The van der Waals surface area contributed by atoms with Crippen LogP contribution in [0.5, 0.6) is 11.5 Å². The summed E-state index contributed by atoms with van der Waals surface area (Å²) in [4.78, 5) is 16.3. The first-order chi connectivity index (χ1) is 13.0. The van der Waals surface area contributed by atoms with Crippen molar-refractivity contribution < 1.29 is 23.4 Å². The Morgan fingerprint density at radius 3 is 2.81 bits per heavy atom. The Morgan fingerprint density at radius 2 is 2.11 bits per heavy atom. The highest BCUT2D eigenvalue weighted by Gasteiger charge is 2.26. The lowest BCUT2D eigenvalue weighted by atomic mass is 10.1. The average Bonchev–Trinajstić information content (AvgIpc) is 3.01. The Morgan fingerprint density at radius 1 is 1.33 bits per heavy atom. The van der Waals surface area contributed by atoms with Gasteiger partial charge in [-0.2, -0.15) is 0 Å². The van der Waals surface area contributed by atoms with E-state index in [2.05, 4.69) is 34.2 Å². The Labute approximate surface area is 169 Å². The molecular weight excluding hydrogens is 464 g/mol.